The molecule has 0 spiro atoms. The second-order valence-electron chi connectivity index (χ2n) is 5.82. The number of carbonyl (C=O) groups excluding carboxylic acids is 1. The summed E-state index contributed by atoms with van der Waals surface area (Å²) in [4.78, 5) is 13.9. The van der Waals surface area contributed by atoms with Gasteiger partial charge in [-0.1, -0.05) is 18.2 Å². The summed E-state index contributed by atoms with van der Waals surface area (Å²) in [6, 6.07) is 14.2. The first kappa shape index (κ1) is 19.9. The highest BCUT2D eigenvalue weighted by Crippen LogP contribution is 2.14. The Bertz CT molecular complexity index is 827. The number of rotatable bonds is 8. The summed E-state index contributed by atoms with van der Waals surface area (Å²) in [5.41, 5.74) is 1.03. The van der Waals surface area contributed by atoms with Crippen LogP contribution in [0.5, 0.6) is 0 Å². The summed E-state index contributed by atoms with van der Waals surface area (Å²) in [6.07, 6.45) is 0. The Morgan fingerprint density at radius 1 is 1.04 bits per heavy atom. The molecule has 0 aliphatic carbocycles. The highest BCUT2D eigenvalue weighted by Gasteiger charge is 2.22. The number of hydrogen-bond donors (Lipinski definition) is 1. The van der Waals surface area contributed by atoms with Crippen LogP contribution in [-0.4, -0.2) is 52.4 Å². The second-order valence-corrected chi connectivity index (χ2v) is 7.87. The molecule has 8 heteroatoms. The van der Waals surface area contributed by atoms with Crippen molar-refractivity contribution in [3.63, 3.8) is 0 Å². The third-order valence-electron chi connectivity index (χ3n) is 3.85. The maximum absolute atomic E-state index is 12.9. The van der Waals surface area contributed by atoms with E-state index in [1.54, 1.807) is 0 Å². The second kappa shape index (κ2) is 8.77. The summed E-state index contributed by atoms with van der Waals surface area (Å²) < 4.78 is 38.6. The molecule has 6 nitrogen and oxygen atoms in total. The molecule has 1 amide bonds. The van der Waals surface area contributed by atoms with Crippen LogP contribution >= 0.6 is 0 Å². The summed E-state index contributed by atoms with van der Waals surface area (Å²) >= 11 is 0. The zero-order chi connectivity index (χ0) is 19.2. The number of nitrogens with one attached hydrogen (secondary N) is 1. The van der Waals surface area contributed by atoms with E-state index in [4.69, 9.17) is 0 Å². The van der Waals surface area contributed by atoms with Crippen LogP contribution in [0.25, 0.3) is 0 Å². The molecule has 0 atom stereocenters. The van der Waals surface area contributed by atoms with Crippen LogP contribution in [0.2, 0.25) is 0 Å². The first-order valence-corrected chi connectivity index (χ1v) is 9.49. The van der Waals surface area contributed by atoms with Crippen LogP contribution in [-0.2, 0) is 14.8 Å². The molecule has 0 saturated heterocycles. The predicted molar refractivity (Wildman–Crippen MR) is 98.9 cm³/mol. The van der Waals surface area contributed by atoms with E-state index >= 15 is 0 Å². The van der Waals surface area contributed by atoms with Crippen molar-refractivity contribution in [1.82, 2.24) is 9.62 Å². The van der Waals surface area contributed by atoms with Gasteiger partial charge < -0.3 is 10.2 Å². The molecule has 0 unspecified atom stereocenters. The monoisotopic (exact) mass is 379 g/mol. The number of para-hydroxylation sites is 1. The van der Waals surface area contributed by atoms with Gasteiger partial charge in [0.15, 0.2) is 0 Å². The number of carbonyl (C=O) groups is 1. The first-order valence-electron chi connectivity index (χ1n) is 8.05. The maximum atomic E-state index is 12.9. The van der Waals surface area contributed by atoms with Crippen molar-refractivity contribution in [2.45, 2.75) is 4.90 Å². The molecule has 2 aromatic rings. The van der Waals surface area contributed by atoms with E-state index in [0.29, 0.717) is 13.1 Å². The topological polar surface area (TPSA) is 69.7 Å². The minimum atomic E-state index is -3.84. The zero-order valence-corrected chi connectivity index (χ0v) is 15.5. The zero-order valence-electron chi connectivity index (χ0n) is 14.7. The highest BCUT2D eigenvalue weighted by molar-refractivity contribution is 7.89. The maximum Gasteiger partial charge on any atom is 0.243 e. The molecule has 0 aromatic heterocycles. The molecule has 0 saturated carbocycles. The van der Waals surface area contributed by atoms with Gasteiger partial charge in [-0.25, -0.2) is 12.8 Å². The van der Waals surface area contributed by atoms with Gasteiger partial charge in [-0.2, -0.15) is 4.31 Å². The molecule has 0 bridgehead atoms. The van der Waals surface area contributed by atoms with Crippen molar-refractivity contribution in [2.24, 2.45) is 0 Å². The molecule has 0 aliphatic rings. The molecule has 140 valence electrons. The van der Waals surface area contributed by atoms with Gasteiger partial charge in [-0.05, 0) is 36.4 Å². The quantitative estimate of drug-likeness (QED) is 0.758. The van der Waals surface area contributed by atoms with Gasteiger partial charge in [-0.3, -0.25) is 4.79 Å². The van der Waals surface area contributed by atoms with Crippen molar-refractivity contribution in [2.75, 3.05) is 38.6 Å². The van der Waals surface area contributed by atoms with Crippen LogP contribution in [0.1, 0.15) is 0 Å². The fourth-order valence-corrected chi connectivity index (χ4v) is 3.43. The van der Waals surface area contributed by atoms with Gasteiger partial charge in [0.2, 0.25) is 15.9 Å². The average Bonchev–Trinajstić information content (AvgIpc) is 2.62. The molecule has 0 fully saturated rings. The number of benzene rings is 2. The minimum absolute atomic E-state index is 0.0574. The Balaban J connectivity index is 1.84. The molecule has 1 N–H and O–H groups in total. The molecule has 2 aromatic carbocycles. The summed E-state index contributed by atoms with van der Waals surface area (Å²) in [7, 11) is -0.617. The van der Waals surface area contributed by atoms with Crippen molar-refractivity contribution in [3.05, 3.63) is 60.4 Å². The molecule has 26 heavy (non-hydrogen) atoms. The molecule has 0 aliphatic heterocycles. The van der Waals surface area contributed by atoms with Crippen LogP contribution in [0.4, 0.5) is 10.1 Å². The van der Waals surface area contributed by atoms with Gasteiger partial charge in [0.25, 0.3) is 0 Å². The standard InChI is InChI=1S/C18H22FN3O3S/c1-21(16-6-4-3-5-7-16)13-12-20-18(23)14-22(2)26(24,25)17-10-8-15(19)9-11-17/h3-11H,12-14H2,1-2H3,(H,20,23). The van der Waals surface area contributed by atoms with Gasteiger partial charge >= 0.3 is 0 Å². The fourth-order valence-electron chi connectivity index (χ4n) is 2.30. The lowest BCUT2D eigenvalue weighted by atomic mass is 10.3. The Morgan fingerprint density at radius 3 is 2.27 bits per heavy atom. The molecular weight excluding hydrogens is 357 g/mol. The number of amides is 1. The third-order valence-corrected chi connectivity index (χ3v) is 5.67. The number of hydrogen-bond acceptors (Lipinski definition) is 4. The van der Waals surface area contributed by atoms with Gasteiger partial charge in [-0.15, -0.1) is 0 Å². The SMILES string of the molecule is CN(CCNC(=O)CN(C)S(=O)(=O)c1ccc(F)cc1)c1ccccc1. The number of likely N-dealkylation sites (N-methyl/N-ethyl adjacent to an activating group) is 2. The van der Waals surface area contributed by atoms with Crippen LogP contribution < -0.4 is 10.2 Å². The summed E-state index contributed by atoms with van der Waals surface area (Å²) in [5, 5.41) is 2.70. The van der Waals surface area contributed by atoms with Crippen molar-refractivity contribution in [1.29, 1.82) is 0 Å². The summed E-state index contributed by atoms with van der Waals surface area (Å²) in [6.45, 7) is 0.660. The van der Waals surface area contributed by atoms with Gasteiger partial charge in [0, 0.05) is 32.9 Å². The average molecular weight is 379 g/mol. The lowest BCUT2D eigenvalue weighted by Crippen LogP contribution is -2.40. The van der Waals surface area contributed by atoms with E-state index < -0.39 is 21.7 Å². The third kappa shape index (κ3) is 5.27. The van der Waals surface area contributed by atoms with Crippen molar-refractivity contribution in [3.8, 4) is 0 Å². The number of nitrogens with zero attached hydrogens (tertiary/aromatic N) is 2. The Morgan fingerprint density at radius 2 is 1.65 bits per heavy atom. The lowest BCUT2D eigenvalue weighted by Gasteiger charge is -2.20. The summed E-state index contributed by atoms with van der Waals surface area (Å²) in [5.74, 6) is -0.925. The Labute approximate surface area is 153 Å². The van der Waals surface area contributed by atoms with Crippen LogP contribution in [0, 0.1) is 5.82 Å². The molecule has 0 heterocycles. The van der Waals surface area contributed by atoms with E-state index in [9.17, 15) is 17.6 Å². The Hall–Kier alpha value is -2.45. The molecular formula is C18H22FN3O3S. The van der Waals surface area contributed by atoms with Gasteiger partial charge in [0.1, 0.15) is 5.82 Å². The van der Waals surface area contributed by atoms with E-state index in [1.165, 1.54) is 19.2 Å². The molecule has 2 rings (SSSR count). The largest absolute Gasteiger partial charge is 0.373 e. The molecule has 0 radical (unpaired) electrons. The van der Waals surface area contributed by atoms with Crippen molar-refractivity contribution >= 4 is 21.6 Å². The highest BCUT2D eigenvalue weighted by atomic mass is 32.2. The van der Waals surface area contributed by atoms with Gasteiger partial charge in [0.05, 0.1) is 11.4 Å². The van der Waals surface area contributed by atoms with Crippen molar-refractivity contribution < 1.29 is 17.6 Å². The number of sulfonamides is 1. The number of halogens is 1. The number of anilines is 1. The smallest absolute Gasteiger partial charge is 0.243 e. The van der Waals surface area contributed by atoms with Crippen LogP contribution in [0.15, 0.2) is 59.5 Å². The van der Waals surface area contributed by atoms with E-state index in [2.05, 4.69) is 5.32 Å². The first-order chi connectivity index (χ1) is 12.3. The predicted octanol–water partition coefficient (Wildman–Crippen LogP) is 1.70. The minimum Gasteiger partial charge on any atom is -0.373 e. The van der Waals surface area contributed by atoms with E-state index in [1.807, 2.05) is 42.3 Å². The lowest BCUT2D eigenvalue weighted by molar-refractivity contribution is -0.121. The Kier molecular flexibility index (Phi) is 6.70. The van der Waals surface area contributed by atoms with Crippen LogP contribution in [0.3, 0.4) is 0 Å². The van der Waals surface area contributed by atoms with E-state index in [0.717, 1.165) is 22.1 Å². The fraction of sp³-hybridized carbons (Fsp3) is 0.278. The normalized spacial score (nSPS) is 11.4. The van der Waals surface area contributed by atoms with E-state index in [-0.39, 0.29) is 11.4 Å².